The monoisotopic (exact) mass is 376 g/mol. The quantitative estimate of drug-likeness (QED) is 0.683. The number of piperazine rings is 1. The summed E-state index contributed by atoms with van der Waals surface area (Å²) in [5.41, 5.74) is 3.05. The SMILES string of the molecule is CC(C)n1ccc2ccc(C(=O)N3CCN(CCc4ccccn4)CC3)cc21. The highest BCUT2D eigenvalue weighted by atomic mass is 16.2. The summed E-state index contributed by atoms with van der Waals surface area (Å²) in [5, 5.41) is 1.18. The maximum absolute atomic E-state index is 13.0. The summed E-state index contributed by atoms with van der Waals surface area (Å²) < 4.78 is 2.22. The molecule has 0 atom stereocenters. The zero-order chi connectivity index (χ0) is 19.5. The lowest BCUT2D eigenvalue weighted by Gasteiger charge is -2.34. The van der Waals surface area contributed by atoms with Crippen molar-refractivity contribution in [2.24, 2.45) is 0 Å². The third-order valence-electron chi connectivity index (χ3n) is 5.60. The summed E-state index contributed by atoms with van der Waals surface area (Å²) >= 11 is 0. The molecule has 28 heavy (non-hydrogen) atoms. The Balaban J connectivity index is 1.37. The normalized spacial score (nSPS) is 15.5. The second-order valence-electron chi connectivity index (χ2n) is 7.80. The van der Waals surface area contributed by atoms with E-state index in [0.29, 0.717) is 6.04 Å². The van der Waals surface area contributed by atoms with Gasteiger partial charge in [0.25, 0.3) is 5.91 Å². The van der Waals surface area contributed by atoms with Gasteiger partial charge in [0.15, 0.2) is 0 Å². The molecule has 0 radical (unpaired) electrons. The maximum atomic E-state index is 13.0. The number of hydrogen-bond donors (Lipinski definition) is 0. The first-order valence-electron chi connectivity index (χ1n) is 10.1. The lowest BCUT2D eigenvalue weighted by molar-refractivity contribution is 0.0638. The Morgan fingerprint density at radius 2 is 1.89 bits per heavy atom. The Labute approximate surface area is 166 Å². The fraction of sp³-hybridized carbons (Fsp3) is 0.391. The molecule has 2 aromatic heterocycles. The van der Waals surface area contributed by atoms with Crippen molar-refractivity contribution < 1.29 is 4.79 Å². The molecule has 5 nitrogen and oxygen atoms in total. The van der Waals surface area contributed by atoms with E-state index in [2.05, 4.69) is 52.7 Å². The molecule has 1 fully saturated rings. The molecular formula is C23H28N4O. The summed E-state index contributed by atoms with van der Waals surface area (Å²) in [5.74, 6) is 0.141. The van der Waals surface area contributed by atoms with E-state index in [0.717, 1.165) is 55.9 Å². The van der Waals surface area contributed by atoms with Crippen LogP contribution in [0.15, 0.2) is 54.9 Å². The lowest BCUT2D eigenvalue weighted by Crippen LogP contribution is -2.49. The van der Waals surface area contributed by atoms with Crippen LogP contribution in [0.3, 0.4) is 0 Å². The van der Waals surface area contributed by atoms with Gasteiger partial charge in [-0.25, -0.2) is 0 Å². The number of carbonyl (C=O) groups is 1. The Hall–Kier alpha value is -2.66. The van der Waals surface area contributed by atoms with Gasteiger partial charge in [0.2, 0.25) is 0 Å². The van der Waals surface area contributed by atoms with Crippen LogP contribution in [0.4, 0.5) is 0 Å². The molecule has 0 spiro atoms. The molecule has 4 rings (SSSR count). The van der Waals surface area contributed by atoms with Crippen LogP contribution in [0.25, 0.3) is 10.9 Å². The minimum Gasteiger partial charge on any atom is -0.345 e. The van der Waals surface area contributed by atoms with Crippen LogP contribution in [-0.2, 0) is 6.42 Å². The maximum Gasteiger partial charge on any atom is 0.254 e. The molecule has 3 aromatic rings. The predicted molar refractivity (Wildman–Crippen MR) is 113 cm³/mol. The summed E-state index contributed by atoms with van der Waals surface area (Å²) in [6.07, 6.45) is 4.90. The van der Waals surface area contributed by atoms with Crippen LogP contribution in [0, 0.1) is 0 Å². The highest BCUT2D eigenvalue weighted by molar-refractivity contribution is 5.98. The van der Waals surface area contributed by atoms with Gasteiger partial charge in [0.1, 0.15) is 0 Å². The molecule has 146 valence electrons. The van der Waals surface area contributed by atoms with E-state index in [4.69, 9.17) is 0 Å². The lowest BCUT2D eigenvalue weighted by atomic mass is 10.1. The topological polar surface area (TPSA) is 41.4 Å². The van der Waals surface area contributed by atoms with E-state index >= 15 is 0 Å². The van der Waals surface area contributed by atoms with Crippen molar-refractivity contribution in [3.8, 4) is 0 Å². The number of benzene rings is 1. The Bertz CT molecular complexity index is 940. The molecule has 0 saturated carbocycles. The number of carbonyl (C=O) groups excluding carboxylic acids is 1. The van der Waals surface area contributed by atoms with Gasteiger partial charge in [-0.2, -0.15) is 0 Å². The van der Waals surface area contributed by atoms with E-state index in [1.165, 1.54) is 5.39 Å². The third kappa shape index (κ3) is 3.94. The van der Waals surface area contributed by atoms with Crippen molar-refractivity contribution in [3.63, 3.8) is 0 Å². The Kier molecular flexibility index (Phi) is 5.44. The second kappa shape index (κ2) is 8.15. The fourth-order valence-electron chi connectivity index (χ4n) is 3.91. The van der Waals surface area contributed by atoms with Crippen molar-refractivity contribution in [2.45, 2.75) is 26.3 Å². The number of hydrogen-bond acceptors (Lipinski definition) is 3. The number of amides is 1. The minimum atomic E-state index is 0.141. The van der Waals surface area contributed by atoms with Crippen molar-refractivity contribution >= 4 is 16.8 Å². The highest BCUT2D eigenvalue weighted by Gasteiger charge is 2.22. The molecule has 0 N–H and O–H groups in total. The average Bonchev–Trinajstić information content (AvgIpc) is 3.16. The van der Waals surface area contributed by atoms with Crippen molar-refractivity contribution in [3.05, 3.63) is 66.1 Å². The summed E-state index contributed by atoms with van der Waals surface area (Å²) in [6, 6.07) is 14.6. The van der Waals surface area contributed by atoms with Crippen LogP contribution in [0.2, 0.25) is 0 Å². The molecule has 0 aliphatic carbocycles. The zero-order valence-corrected chi connectivity index (χ0v) is 16.7. The van der Waals surface area contributed by atoms with Crippen LogP contribution in [-0.4, -0.2) is 58.0 Å². The van der Waals surface area contributed by atoms with E-state index in [1.807, 2.05) is 35.4 Å². The molecule has 1 saturated heterocycles. The predicted octanol–water partition coefficient (Wildman–Crippen LogP) is 3.62. The first-order valence-corrected chi connectivity index (χ1v) is 10.1. The molecule has 1 amide bonds. The van der Waals surface area contributed by atoms with Gasteiger partial charge in [-0.1, -0.05) is 12.1 Å². The highest BCUT2D eigenvalue weighted by Crippen LogP contribution is 2.22. The standard InChI is InChI=1S/C23H28N4O/c1-18(2)27-12-8-19-6-7-20(17-22(19)27)23(28)26-15-13-25(14-16-26)11-9-21-5-3-4-10-24-21/h3-8,10,12,17-18H,9,11,13-16H2,1-2H3. The number of rotatable bonds is 5. The van der Waals surface area contributed by atoms with E-state index < -0.39 is 0 Å². The zero-order valence-electron chi connectivity index (χ0n) is 16.7. The number of aromatic nitrogens is 2. The number of nitrogens with zero attached hydrogens (tertiary/aromatic N) is 4. The minimum absolute atomic E-state index is 0.141. The van der Waals surface area contributed by atoms with Crippen LogP contribution in [0.5, 0.6) is 0 Å². The van der Waals surface area contributed by atoms with Crippen molar-refractivity contribution in [2.75, 3.05) is 32.7 Å². The Morgan fingerprint density at radius 3 is 2.61 bits per heavy atom. The Morgan fingerprint density at radius 1 is 1.07 bits per heavy atom. The molecule has 3 heterocycles. The molecule has 0 bridgehead atoms. The summed E-state index contributed by atoms with van der Waals surface area (Å²) in [4.78, 5) is 21.8. The molecule has 5 heteroatoms. The van der Waals surface area contributed by atoms with Gasteiger partial charge >= 0.3 is 0 Å². The number of fused-ring (bicyclic) bond motifs is 1. The average molecular weight is 377 g/mol. The van der Waals surface area contributed by atoms with Crippen LogP contribution >= 0.6 is 0 Å². The van der Waals surface area contributed by atoms with Crippen LogP contribution < -0.4 is 0 Å². The molecule has 1 aromatic carbocycles. The smallest absolute Gasteiger partial charge is 0.254 e. The fourth-order valence-corrected chi connectivity index (χ4v) is 3.91. The molecule has 0 unspecified atom stereocenters. The van der Waals surface area contributed by atoms with Crippen molar-refractivity contribution in [1.29, 1.82) is 0 Å². The van der Waals surface area contributed by atoms with Gasteiger partial charge in [-0.05, 0) is 49.6 Å². The molecule has 1 aliphatic heterocycles. The molecular weight excluding hydrogens is 348 g/mol. The van der Waals surface area contributed by atoms with Gasteiger partial charge in [-0.3, -0.25) is 14.7 Å². The van der Waals surface area contributed by atoms with Gasteiger partial charge in [-0.15, -0.1) is 0 Å². The van der Waals surface area contributed by atoms with Gasteiger partial charge < -0.3 is 9.47 Å². The first kappa shape index (κ1) is 18.7. The number of pyridine rings is 1. The summed E-state index contributed by atoms with van der Waals surface area (Å²) in [6.45, 7) is 8.73. The van der Waals surface area contributed by atoms with Crippen LogP contribution in [0.1, 0.15) is 35.9 Å². The van der Waals surface area contributed by atoms with E-state index in [-0.39, 0.29) is 5.91 Å². The molecule has 1 aliphatic rings. The van der Waals surface area contributed by atoms with Gasteiger partial charge in [0, 0.05) is 74.4 Å². The van der Waals surface area contributed by atoms with Gasteiger partial charge in [0.05, 0.1) is 0 Å². The third-order valence-corrected chi connectivity index (χ3v) is 5.60. The summed E-state index contributed by atoms with van der Waals surface area (Å²) in [7, 11) is 0. The van der Waals surface area contributed by atoms with Crippen molar-refractivity contribution in [1.82, 2.24) is 19.4 Å². The largest absolute Gasteiger partial charge is 0.345 e. The van der Waals surface area contributed by atoms with E-state index in [1.54, 1.807) is 0 Å². The first-order chi connectivity index (χ1) is 13.6. The second-order valence-corrected chi connectivity index (χ2v) is 7.80. The van der Waals surface area contributed by atoms with E-state index in [9.17, 15) is 4.79 Å².